The van der Waals surface area contributed by atoms with E-state index in [4.69, 9.17) is 0 Å². The Kier molecular flexibility index (Phi) is 4.34. The predicted molar refractivity (Wildman–Crippen MR) is 80.1 cm³/mol. The Morgan fingerprint density at radius 1 is 0.947 bits per heavy atom. The molecule has 0 fully saturated rings. The highest BCUT2D eigenvalue weighted by Gasteiger charge is 2.08. The molecule has 0 aliphatic carbocycles. The predicted octanol–water partition coefficient (Wildman–Crippen LogP) is 3.39. The zero-order valence-electron chi connectivity index (χ0n) is 11.7. The van der Waals surface area contributed by atoms with Gasteiger partial charge in [0.05, 0.1) is 0 Å². The van der Waals surface area contributed by atoms with Gasteiger partial charge in [0.2, 0.25) is 0 Å². The number of aromatic nitrogens is 2. The smallest absolute Gasteiger partial charge is 0.139 e. The van der Waals surface area contributed by atoms with E-state index in [1.165, 1.54) is 5.56 Å². The maximum absolute atomic E-state index is 4.33. The first-order valence-electron chi connectivity index (χ1n) is 6.66. The number of benzene rings is 1. The van der Waals surface area contributed by atoms with Gasteiger partial charge in [-0.15, -0.1) is 0 Å². The first kappa shape index (κ1) is 13.3. The topological polar surface area (TPSA) is 49.8 Å². The summed E-state index contributed by atoms with van der Waals surface area (Å²) in [5, 5.41) is 6.46. The lowest BCUT2D eigenvalue weighted by molar-refractivity contribution is 1.05. The van der Waals surface area contributed by atoms with Crippen LogP contribution in [0.5, 0.6) is 0 Å². The van der Waals surface area contributed by atoms with Crippen LogP contribution >= 0.6 is 0 Å². The quantitative estimate of drug-likeness (QED) is 0.861. The Labute approximate surface area is 114 Å². The van der Waals surface area contributed by atoms with Gasteiger partial charge in [0.1, 0.15) is 18.0 Å². The molecule has 0 aliphatic rings. The Balaban J connectivity index is 2.26. The fourth-order valence-electron chi connectivity index (χ4n) is 2.03. The van der Waals surface area contributed by atoms with Crippen molar-refractivity contribution in [1.29, 1.82) is 0 Å². The van der Waals surface area contributed by atoms with E-state index in [9.17, 15) is 0 Å². The summed E-state index contributed by atoms with van der Waals surface area (Å²) >= 11 is 0. The van der Waals surface area contributed by atoms with Crippen molar-refractivity contribution in [2.45, 2.75) is 26.7 Å². The second-order valence-electron chi connectivity index (χ2n) is 4.33. The van der Waals surface area contributed by atoms with Crippen molar-refractivity contribution in [1.82, 2.24) is 9.97 Å². The average Bonchev–Trinajstić information content (AvgIpc) is 2.47. The SMILES string of the molecule is CCc1ccc(Nc2ncnc(NC)c2CC)cc1. The average molecular weight is 256 g/mol. The Morgan fingerprint density at radius 3 is 2.21 bits per heavy atom. The minimum atomic E-state index is 0.867. The van der Waals surface area contributed by atoms with Gasteiger partial charge in [-0.05, 0) is 30.5 Å². The second kappa shape index (κ2) is 6.18. The zero-order valence-corrected chi connectivity index (χ0v) is 11.7. The largest absolute Gasteiger partial charge is 0.373 e. The molecule has 0 aliphatic heterocycles. The first-order chi connectivity index (χ1) is 9.28. The lowest BCUT2D eigenvalue weighted by Crippen LogP contribution is -2.04. The van der Waals surface area contributed by atoms with E-state index in [-0.39, 0.29) is 0 Å². The molecule has 1 heterocycles. The van der Waals surface area contributed by atoms with Crippen molar-refractivity contribution in [3.8, 4) is 0 Å². The van der Waals surface area contributed by atoms with Gasteiger partial charge in [0.25, 0.3) is 0 Å². The van der Waals surface area contributed by atoms with E-state index in [0.29, 0.717) is 0 Å². The van der Waals surface area contributed by atoms with E-state index in [1.54, 1.807) is 6.33 Å². The van der Waals surface area contributed by atoms with Gasteiger partial charge < -0.3 is 10.6 Å². The van der Waals surface area contributed by atoms with Gasteiger partial charge in [-0.1, -0.05) is 26.0 Å². The van der Waals surface area contributed by atoms with Crippen LogP contribution in [0.3, 0.4) is 0 Å². The highest BCUT2D eigenvalue weighted by Crippen LogP contribution is 2.23. The van der Waals surface area contributed by atoms with E-state index in [2.05, 4.69) is 58.7 Å². The number of rotatable bonds is 5. The van der Waals surface area contributed by atoms with Gasteiger partial charge in [0, 0.05) is 18.3 Å². The fraction of sp³-hybridized carbons (Fsp3) is 0.333. The van der Waals surface area contributed by atoms with Crippen LogP contribution in [0, 0.1) is 0 Å². The summed E-state index contributed by atoms with van der Waals surface area (Å²) in [6.07, 6.45) is 3.51. The van der Waals surface area contributed by atoms with Crippen LogP contribution in [-0.2, 0) is 12.8 Å². The molecule has 0 radical (unpaired) electrons. The lowest BCUT2D eigenvalue weighted by atomic mass is 10.1. The van der Waals surface area contributed by atoms with Crippen molar-refractivity contribution >= 4 is 17.3 Å². The van der Waals surface area contributed by atoms with E-state index < -0.39 is 0 Å². The van der Waals surface area contributed by atoms with E-state index in [1.807, 2.05) is 7.05 Å². The van der Waals surface area contributed by atoms with E-state index in [0.717, 1.165) is 35.7 Å². The third-order valence-electron chi connectivity index (χ3n) is 3.16. The number of anilines is 3. The molecule has 0 atom stereocenters. The van der Waals surface area contributed by atoms with Crippen LogP contribution in [0.1, 0.15) is 25.0 Å². The summed E-state index contributed by atoms with van der Waals surface area (Å²) in [7, 11) is 1.88. The number of nitrogens with zero attached hydrogens (tertiary/aromatic N) is 2. The van der Waals surface area contributed by atoms with Gasteiger partial charge in [-0.25, -0.2) is 9.97 Å². The number of hydrogen-bond donors (Lipinski definition) is 2. The van der Waals surface area contributed by atoms with Gasteiger partial charge in [0.15, 0.2) is 0 Å². The molecule has 0 bridgehead atoms. The van der Waals surface area contributed by atoms with Gasteiger partial charge in [-0.3, -0.25) is 0 Å². The summed E-state index contributed by atoms with van der Waals surface area (Å²) in [6.45, 7) is 4.26. The fourth-order valence-corrected chi connectivity index (χ4v) is 2.03. The third kappa shape index (κ3) is 3.02. The maximum atomic E-state index is 4.33. The second-order valence-corrected chi connectivity index (χ2v) is 4.33. The zero-order chi connectivity index (χ0) is 13.7. The summed E-state index contributed by atoms with van der Waals surface area (Å²) in [4.78, 5) is 8.57. The molecule has 2 aromatic rings. The molecule has 4 nitrogen and oxygen atoms in total. The Hall–Kier alpha value is -2.10. The van der Waals surface area contributed by atoms with Gasteiger partial charge >= 0.3 is 0 Å². The van der Waals surface area contributed by atoms with E-state index >= 15 is 0 Å². The first-order valence-corrected chi connectivity index (χ1v) is 6.66. The highest BCUT2D eigenvalue weighted by molar-refractivity contribution is 5.64. The standard InChI is InChI=1S/C15H20N4/c1-4-11-6-8-12(9-7-11)19-15-13(5-2)14(16-3)17-10-18-15/h6-10H,4-5H2,1-3H3,(H2,16,17,18,19). The van der Waals surface area contributed by atoms with Crippen LogP contribution in [0.4, 0.5) is 17.3 Å². The van der Waals surface area contributed by atoms with Crippen LogP contribution in [-0.4, -0.2) is 17.0 Å². The van der Waals surface area contributed by atoms with Crippen molar-refractivity contribution in [2.75, 3.05) is 17.7 Å². The number of aryl methyl sites for hydroxylation is 1. The minimum absolute atomic E-state index is 0.867. The van der Waals surface area contributed by atoms with Crippen LogP contribution < -0.4 is 10.6 Å². The molecule has 0 amide bonds. The molecule has 0 saturated heterocycles. The van der Waals surface area contributed by atoms with Crippen molar-refractivity contribution in [3.63, 3.8) is 0 Å². The summed E-state index contributed by atoms with van der Waals surface area (Å²) in [5.74, 6) is 1.75. The molecular weight excluding hydrogens is 236 g/mol. The molecule has 4 heteroatoms. The van der Waals surface area contributed by atoms with Gasteiger partial charge in [-0.2, -0.15) is 0 Å². The Bertz CT molecular complexity index is 534. The molecule has 19 heavy (non-hydrogen) atoms. The molecule has 100 valence electrons. The molecule has 2 rings (SSSR count). The number of hydrogen-bond acceptors (Lipinski definition) is 4. The van der Waals surface area contributed by atoms with Crippen LogP contribution in [0.2, 0.25) is 0 Å². The molecule has 1 aromatic heterocycles. The molecule has 0 saturated carbocycles. The monoisotopic (exact) mass is 256 g/mol. The van der Waals surface area contributed by atoms with Crippen molar-refractivity contribution < 1.29 is 0 Å². The summed E-state index contributed by atoms with van der Waals surface area (Å²) in [5.41, 5.74) is 3.48. The summed E-state index contributed by atoms with van der Waals surface area (Å²) in [6, 6.07) is 8.43. The maximum Gasteiger partial charge on any atom is 0.139 e. The minimum Gasteiger partial charge on any atom is -0.373 e. The lowest BCUT2D eigenvalue weighted by Gasteiger charge is -2.13. The molecule has 1 aromatic carbocycles. The normalized spacial score (nSPS) is 10.3. The van der Waals surface area contributed by atoms with Crippen molar-refractivity contribution in [2.24, 2.45) is 0 Å². The third-order valence-corrected chi connectivity index (χ3v) is 3.16. The molecule has 0 unspecified atom stereocenters. The molecule has 2 N–H and O–H groups in total. The molecule has 0 spiro atoms. The molecular formula is C15H20N4. The van der Waals surface area contributed by atoms with Crippen LogP contribution in [0.25, 0.3) is 0 Å². The highest BCUT2D eigenvalue weighted by atomic mass is 15.1. The summed E-state index contributed by atoms with van der Waals surface area (Å²) < 4.78 is 0. The Morgan fingerprint density at radius 2 is 1.63 bits per heavy atom. The van der Waals surface area contributed by atoms with Crippen LogP contribution in [0.15, 0.2) is 30.6 Å². The van der Waals surface area contributed by atoms with Crippen molar-refractivity contribution in [3.05, 3.63) is 41.7 Å². The number of nitrogens with one attached hydrogen (secondary N) is 2.